The third-order valence-electron chi connectivity index (χ3n) is 0.248. The van der Waals surface area contributed by atoms with Gasteiger partial charge in [-0.3, -0.25) is 0 Å². The van der Waals surface area contributed by atoms with Crippen molar-refractivity contribution < 1.29 is 24.9 Å². The lowest BCUT2D eigenvalue weighted by molar-refractivity contribution is -0.769. The van der Waals surface area contributed by atoms with E-state index >= 15 is 0 Å². The molecule has 0 spiro atoms. The maximum atomic E-state index is 4.00. The van der Waals surface area contributed by atoms with Crippen molar-refractivity contribution in [3.63, 3.8) is 0 Å². The SMILES string of the molecule is C1OOOOO1.Cl. The van der Waals surface area contributed by atoms with E-state index in [1.165, 1.54) is 0 Å². The van der Waals surface area contributed by atoms with E-state index in [1.54, 1.807) is 0 Å². The second kappa shape index (κ2) is 4.25. The molecule has 0 unspecified atom stereocenters. The zero-order chi connectivity index (χ0) is 4.24. The second-order valence-electron chi connectivity index (χ2n) is 0.558. The maximum absolute atomic E-state index is 4.00. The van der Waals surface area contributed by atoms with Crippen LogP contribution in [0.1, 0.15) is 0 Å². The van der Waals surface area contributed by atoms with Gasteiger partial charge >= 0.3 is 0 Å². The summed E-state index contributed by atoms with van der Waals surface area (Å²) in [6.45, 7) is -0.0694. The summed E-state index contributed by atoms with van der Waals surface area (Å²) in [5, 5.41) is 11.1. The molecule has 7 heavy (non-hydrogen) atoms. The van der Waals surface area contributed by atoms with Gasteiger partial charge in [-0.25, -0.2) is 0 Å². The molecule has 1 heterocycles. The van der Waals surface area contributed by atoms with E-state index in [0.29, 0.717) is 0 Å². The summed E-state index contributed by atoms with van der Waals surface area (Å²) >= 11 is 0. The van der Waals surface area contributed by atoms with Gasteiger partial charge in [-0.1, -0.05) is 0 Å². The first kappa shape index (κ1) is 7.09. The van der Waals surface area contributed by atoms with Gasteiger partial charge in [0.25, 0.3) is 0 Å². The van der Waals surface area contributed by atoms with Crippen molar-refractivity contribution >= 4 is 12.4 Å². The Balaban J connectivity index is 0.000000360. The zero-order valence-corrected chi connectivity index (χ0v) is 3.97. The van der Waals surface area contributed by atoms with Crippen LogP contribution in [-0.2, 0) is 24.9 Å². The summed E-state index contributed by atoms with van der Waals surface area (Å²) in [6.07, 6.45) is 0. The molecule has 44 valence electrons. The topological polar surface area (TPSA) is 46.2 Å². The Bertz CT molecular complexity index is 23.6. The van der Waals surface area contributed by atoms with Crippen molar-refractivity contribution in [3.05, 3.63) is 0 Å². The normalized spacial score (nSPS) is 20.6. The van der Waals surface area contributed by atoms with Gasteiger partial charge in [0.15, 0.2) is 0 Å². The molecule has 1 aliphatic rings. The summed E-state index contributed by atoms with van der Waals surface area (Å²) in [5.41, 5.74) is 0. The average Bonchev–Trinajstić information content (AvgIpc) is 1.72. The predicted molar refractivity (Wildman–Crippen MR) is 17.5 cm³/mol. The zero-order valence-electron chi connectivity index (χ0n) is 3.16. The molecule has 0 aromatic carbocycles. The monoisotopic (exact) mass is 130 g/mol. The van der Waals surface area contributed by atoms with Gasteiger partial charge in [0, 0.05) is 0 Å². The number of rotatable bonds is 0. The molecule has 0 aliphatic carbocycles. The molecule has 0 aromatic rings. The predicted octanol–water partition coefficient (Wildman–Crippen LogP) is 0.122. The Kier molecular flexibility index (Phi) is 4.31. The largest absolute Gasteiger partial charge is 0.221 e. The lowest BCUT2D eigenvalue weighted by Gasteiger charge is -2.04. The molecule has 6 heteroatoms. The fourth-order valence-corrected chi connectivity index (χ4v) is 0.110. The molecule has 5 nitrogen and oxygen atoms in total. The van der Waals surface area contributed by atoms with Crippen molar-refractivity contribution in [2.45, 2.75) is 0 Å². The quantitative estimate of drug-likeness (QED) is 0.436. The number of hydrogen-bond donors (Lipinski definition) is 0. The number of halogens is 1. The van der Waals surface area contributed by atoms with Gasteiger partial charge in [-0.05, 0) is 15.1 Å². The van der Waals surface area contributed by atoms with Crippen molar-refractivity contribution in [1.29, 1.82) is 0 Å². The van der Waals surface area contributed by atoms with Gasteiger partial charge in [-0.15, -0.1) is 12.4 Å². The van der Waals surface area contributed by atoms with E-state index in [2.05, 4.69) is 24.9 Å². The Morgan fingerprint density at radius 1 is 0.857 bits per heavy atom. The first-order chi connectivity index (χ1) is 3.00. The first-order valence-electron chi connectivity index (χ1n) is 1.24. The molecule has 0 radical (unpaired) electrons. The van der Waals surface area contributed by atoms with E-state index < -0.39 is 0 Å². The van der Waals surface area contributed by atoms with Crippen LogP contribution in [0.25, 0.3) is 0 Å². The molecule has 0 aromatic heterocycles. The van der Waals surface area contributed by atoms with Crippen molar-refractivity contribution in [2.75, 3.05) is 6.79 Å². The van der Waals surface area contributed by atoms with Crippen LogP contribution in [0.3, 0.4) is 0 Å². The molecule has 1 fully saturated rings. The van der Waals surface area contributed by atoms with Crippen LogP contribution in [0.4, 0.5) is 0 Å². The Morgan fingerprint density at radius 3 is 1.57 bits per heavy atom. The van der Waals surface area contributed by atoms with Crippen LogP contribution in [0, 0.1) is 0 Å². The highest BCUT2D eigenvalue weighted by molar-refractivity contribution is 5.85. The van der Waals surface area contributed by atoms with Crippen molar-refractivity contribution in [3.8, 4) is 0 Å². The highest BCUT2D eigenvalue weighted by atomic mass is 35.5. The van der Waals surface area contributed by atoms with Crippen LogP contribution >= 0.6 is 12.4 Å². The van der Waals surface area contributed by atoms with Crippen LogP contribution < -0.4 is 0 Å². The van der Waals surface area contributed by atoms with E-state index in [9.17, 15) is 0 Å². The van der Waals surface area contributed by atoms with Crippen molar-refractivity contribution in [1.82, 2.24) is 0 Å². The summed E-state index contributed by atoms with van der Waals surface area (Å²) in [6, 6.07) is 0. The van der Waals surface area contributed by atoms with Crippen LogP contribution in [0.5, 0.6) is 0 Å². The molecule has 0 atom stereocenters. The summed E-state index contributed by atoms with van der Waals surface area (Å²) in [5.74, 6) is 0. The highest BCUT2D eigenvalue weighted by Crippen LogP contribution is 1.91. The molecule has 0 bridgehead atoms. The lowest BCUT2D eigenvalue weighted by Crippen LogP contribution is -2.09. The fourth-order valence-electron chi connectivity index (χ4n) is 0.110. The molecule has 0 saturated carbocycles. The first-order valence-corrected chi connectivity index (χ1v) is 1.24. The van der Waals surface area contributed by atoms with Gasteiger partial charge < -0.3 is 0 Å². The lowest BCUT2D eigenvalue weighted by atomic mass is 11.5. The van der Waals surface area contributed by atoms with Gasteiger partial charge in [-0.2, -0.15) is 9.78 Å². The molecular formula is CH3ClO5. The molecule has 1 aliphatic heterocycles. The molecular weight excluding hydrogens is 127 g/mol. The Labute approximate surface area is 45.2 Å². The fraction of sp³-hybridized carbons (Fsp3) is 1.00. The highest BCUT2D eigenvalue weighted by Gasteiger charge is 1.98. The Morgan fingerprint density at radius 2 is 1.43 bits per heavy atom. The Hall–Kier alpha value is 0.0900. The third-order valence-corrected chi connectivity index (χ3v) is 0.248. The van der Waals surface area contributed by atoms with Crippen LogP contribution in [0.15, 0.2) is 0 Å². The van der Waals surface area contributed by atoms with Gasteiger partial charge in [0.05, 0.1) is 0 Å². The molecule has 1 rings (SSSR count). The third kappa shape index (κ3) is 2.75. The van der Waals surface area contributed by atoms with Gasteiger partial charge in [0.1, 0.15) is 0 Å². The standard InChI is InChI=1S/CH2O5.ClH/c1-2-4-6-5-3-1;/h1H2;1H. The molecule has 1 saturated heterocycles. The average molecular weight is 130 g/mol. The summed E-state index contributed by atoms with van der Waals surface area (Å²) < 4.78 is 0. The minimum absolute atomic E-state index is 0. The minimum atomic E-state index is -0.0694. The van der Waals surface area contributed by atoms with E-state index in [1.807, 2.05) is 0 Å². The van der Waals surface area contributed by atoms with E-state index in [0.717, 1.165) is 0 Å². The molecule has 0 amide bonds. The maximum Gasteiger partial charge on any atom is 0.221 e. The second-order valence-corrected chi connectivity index (χ2v) is 0.558. The smallest absolute Gasteiger partial charge is 0.172 e. The summed E-state index contributed by atoms with van der Waals surface area (Å²) in [7, 11) is 0. The van der Waals surface area contributed by atoms with Crippen LogP contribution in [0.2, 0.25) is 0 Å². The molecule has 0 N–H and O–H groups in total. The van der Waals surface area contributed by atoms with Crippen LogP contribution in [-0.4, -0.2) is 6.79 Å². The van der Waals surface area contributed by atoms with Gasteiger partial charge in [0.2, 0.25) is 6.79 Å². The minimum Gasteiger partial charge on any atom is -0.172 e. The van der Waals surface area contributed by atoms with Crippen molar-refractivity contribution in [2.24, 2.45) is 0 Å². The number of hydrogen-bond acceptors (Lipinski definition) is 5. The van der Waals surface area contributed by atoms with E-state index in [4.69, 9.17) is 0 Å². The summed E-state index contributed by atoms with van der Waals surface area (Å²) in [4.78, 5) is 8.00. The van der Waals surface area contributed by atoms with E-state index in [-0.39, 0.29) is 19.2 Å².